The molecule has 0 saturated heterocycles. The van der Waals surface area contributed by atoms with Crippen LogP contribution in [0.3, 0.4) is 0 Å². The molecule has 0 saturated carbocycles. The Kier molecular flexibility index (Phi) is 4.24. The van der Waals surface area contributed by atoms with E-state index in [2.05, 4.69) is 9.97 Å². The smallest absolute Gasteiger partial charge is 0.257 e. The molecule has 0 N–H and O–H groups in total. The Bertz CT molecular complexity index is 383. The highest BCUT2D eigenvalue weighted by atomic mass is 19.4. The van der Waals surface area contributed by atoms with E-state index < -0.39 is 30.6 Å². The van der Waals surface area contributed by atoms with Crippen molar-refractivity contribution in [3.05, 3.63) is 23.8 Å². The summed E-state index contributed by atoms with van der Waals surface area (Å²) in [4.78, 5) is 7.26. The fourth-order valence-electron chi connectivity index (χ4n) is 1.25. The van der Waals surface area contributed by atoms with Gasteiger partial charge in [-0.15, -0.1) is 0 Å². The van der Waals surface area contributed by atoms with Gasteiger partial charge in [0.05, 0.1) is 11.9 Å². The van der Waals surface area contributed by atoms with E-state index in [0.717, 1.165) is 6.20 Å². The van der Waals surface area contributed by atoms with Crippen LogP contribution in [-0.2, 0) is 5.92 Å². The third kappa shape index (κ3) is 4.19. The van der Waals surface area contributed by atoms with E-state index in [1.165, 1.54) is 6.20 Å². The van der Waals surface area contributed by atoms with Crippen molar-refractivity contribution in [1.29, 1.82) is 0 Å². The molecule has 0 radical (unpaired) electrons. The van der Waals surface area contributed by atoms with Crippen LogP contribution in [0.15, 0.2) is 12.4 Å². The summed E-state index contributed by atoms with van der Waals surface area (Å²) in [5.41, 5.74) is -0.207. The molecule has 0 unspecified atom stereocenters. The predicted molar refractivity (Wildman–Crippen MR) is 55.3 cm³/mol. The second kappa shape index (κ2) is 5.16. The van der Waals surface area contributed by atoms with Gasteiger partial charge in [0, 0.05) is 19.0 Å². The maximum atomic E-state index is 13.4. The molecular weight excluding hydrogens is 255 g/mol. The molecule has 0 aromatic carbocycles. The first-order valence-corrected chi connectivity index (χ1v) is 5.39. The van der Waals surface area contributed by atoms with E-state index in [-0.39, 0.29) is 5.92 Å². The second-order valence-electron chi connectivity index (χ2n) is 4.30. The lowest BCUT2D eigenvalue weighted by molar-refractivity contribution is -0.153. The summed E-state index contributed by atoms with van der Waals surface area (Å²) in [6.45, 7) is 3.62. The van der Waals surface area contributed by atoms with E-state index in [1.54, 1.807) is 0 Å². The Balaban J connectivity index is 2.78. The molecule has 0 fully saturated rings. The molecule has 0 aliphatic heterocycles. The van der Waals surface area contributed by atoms with E-state index in [0.29, 0.717) is 5.69 Å². The first kappa shape index (κ1) is 14.8. The zero-order valence-electron chi connectivity index (χ0n) is 9.93. The van der Waals surface area contributed by atoms with Crippen LogP contribution in [-0.4, -0.2) is 16.1 Å². The van der Waals surface area contributed by atoms with Gasteiger partial charge < -0.3 is 0 Å². The molecule has 1 aromatic rings. The van der Waals surface area contributed by atoms with Gasteiger partial charge in [-0.3, -0.25) is 9.97 Å². The minimum Gasteiger partial charge on any atom is -0.257 e. The number of hydrogen-bond acceptors (Lipinski definition) is 2. The number of alkyl halides is 5. The summed E-state index contributed by atoms with van der Waals surface area (Å²) in [6, 6.07) is 0. The van der Waals surface area contributed by atoms with Gasteiger partial charge in [-0.25, -0.2) is 0 Å². The molecule has 0 aliphatic rings. The third-order valence-corrected chi connectivity index (χ3v) is 2.36. The lowest BCUT2D eigenvalue weighted by Gasteiger charge is -2.16. The summed E-state index contributed by atoms with van der Waals surface area (Å²) >= 11 is 0. The van der Waals surface area contributed by atoms with Crippen molar-refractivity contribution in [3.63, 3.8) is 0 Å². The van der Waals surface area contributed by atoms with Crippen LogP contribution in [0, 0.1) is 0 Å². The van der Waals surface area contributed by atoms with Gasteiger partial charge in [0.15, 0.2) is 0 Å². The molecule has 0 atom stereocenters. The van der Waals surface area contributed by atoms with Gasteiger partial charge in [-0.1, -0.05) is 13.8 Å². The van der Waals surface area contributed by atoms with Crippen LogP contribution in [0.2, 0.25) is 0 Å². The second-order valence-corrected chi connectivity index (χ2v) is 4.30. The summed E-state index contributed by atoms with van der Waals surface area (Å²) in [6.07, 6.45) is -5.46. The zero-order chi connectivity index (χ0) is 14.0. The summed E-state index contributed by atoms with van der Waals surface area (Å²) in [5.74, 6) is -3.59. The van der Waals surface area contributed by atoms with Crippen molar-refractivity contribution < 1.29 is 22.0 Å². The lowest BCUT2D eigenvalue weighted by atomic mass is 10.1. The Morgan fingerprint density at radius 1 is 1.00 bits per heavy atom. The van der Waals surface area contributed by atoms with Gasteiger partial charge in [0.25, 0.3) is 5.92 Å². The fourth-order valence-corrected chi connectivity index (χ4v) is 1.25. The molecule has 0 spiro atoms. The van der Waals surface area contributed by atoms with E-state index in [1.807, 2.05) is 13.8 Å². The number of rotatable bonds is 4. The summed E-state index contributed by atoms with van der Waals surface area (Å²) in [5, 5.41) is 0. The van der Waals surface area contributed by atoms with Crippen LogP contribution in [0.5, 0.6) is 0 Å². The molecule has 1 heterocycles. The Hall–Kier alpha value is -1.27. The number of aromatic nitrogens is 2. The largest absolute Gasteiger partial charge is 0.389 e. The molecule has 18 heavy (non-hydrogen) atoms. The first-order valence-electron chi connectivity index (χ1n) is 5.39. The molecule has 102 valence electrons. The SMILES string of the molecule is CC(C)c1cnc(C(F)(F)CCC(F)(F)F)cn1. The van der Waals surface area contributed by atoms with Crippen LogP contribution < -0.4 is 0 Å². The molecule has 2 nitrogen and oxygen atoms in total. The molecule has 0 bridgehead atoms. The van der Waals surface area contributed by atoms with Gasteiger partial charge >= 0.3 is 6.18 Å². The third-order valence-electron chi connectivity index (χ3n) is 2.36. The Labute approximate surface area is 101 Å². The van der Waals surface area contributed by atoms with Crippen molar-refractivity contribution in [2.45, 2.75) is 44.7 Å². The van der Waals surface area contributed by atoms with Crippen molar-refractivity contribution in [2.75, 3.05) is 0 Å². The van der Waals surface area contributed by atoms with Crippen LogP contribution in [0.25, 0.3) is 0 Å². The highest BCUT2D eigenvalue weighted by Gasteiger charge is 2.39. The Morgan fingerprint density at radius 2 is 1.61 bits per heavy atom. The summed E-state index contributed by atoms with van der Waals surface area (Å²) < 4.78 is 62.5. The zero-order valence-corrected chi connectivity index (χ0v) is 9.93. The number of halogens is 5. The monoisotopic (exact) mass is 268 g/mol. The van der Waals surface area contributed by atoms with Crippen molar-refractivity contribution in [2.24, 2.45) is 0 Å². The maximum absolute atomic E-state index is 13.4. The first-order chi connectivity index (χ1) is 8.12. The van der Waals surface area contributed by atoms with Crippen LogP contribution in [0.1, 0.15) is 44.0 Å². The predicted octanol–water partition coefficient (Wildman–Crippen LogP) is 4.03. The molecule has 1 rings (SSSR count). The van der Waals surface area contributed by atoms with Crippen LogP contribution >= 0.6 is 0 Å². The van der Waals surface area contributed by atoms with Gasteiger partial charge in [0.1, 0.15) is 5.69 Å². The normalized spacial score (nSPS) is 13.1. The fraction of sp³-hybridized carbons (Fsp3) is 0.636. The molecule has 7 heteroatoms. The van der Waals surface area contributed by atoms with E-state index >= 15 is 0 Å². The molecular formula is C11H13F5N2. The van der Waals surface area contributed by atoms with Gasteiger partial charge in [-0.05, 0) is 5.92 Å². The minimum atomic E-state index is -4.60. The maximum Gasteiger partial charge on any atom is 0.389 e. The number of hydrogen-bond donors (Lipinski definition) is 0. The van der Waals surface area contributed by atoms with Crippen molar-refractivity contribution in [3.8, 4) is 0 Å². The minimum absolute atomic E-state index is 0.0235. The topological polar surface area (TPSA) is 25.8 Å². The van der Waals surface area contributed by atoms with Crippen molar-refractivity contribution in [1.82, 2.24) is 9.97 Å². The molecule has 0 aliphatic carbocycles. The average Bonchev–Trinajstić information content (AvgIpc) is 2.26. The highest BCUT2D eigenvalue weighted by molar-refractivity contribution is 5.10. The van der Waals surface area contributed by atoms with Gasteiger partial charge in [-0.2, -0.15) is 22.0 Å². The number of nitrogens with zero attached hydrogens (tertiary/aromatic N) is 2. The quantitative estimate of drug-likeness (QED) is 0.770. The van der Waals surface area contributed by atoms with E-state index in [9.17, 15) is 22.0 Å². The lowest BCUT2D eigenvalue weighted by Crippen LogP contribution is -2.20. The standard InChI is InChI=1S/C11H13F5N2/c1-7(2)8-5-18-9(6-17-8)10(12,13)3-4-11(14,15)16/h5-7H,3-4H2,1-2H3. The van der Waals surface area contributed by atoms with Gasteiger partial charge in [0.2, 0.25) is 0 Å². The van der Waals surface area contributed by atoms with E-state index in [4.69, 9.17) is 0 Å². The molecule has 0 amide bonds. The summed E-state index contributed by atoms with van der Waals surface area (Å²) in [7, 11) is 0. The highest BCUT2D eigenvalue weighted by Crippen LogP contribution is 2.35. The Morgan fingerprint density at radius 3 is 2.00 bits per heavy atom. The molecule has 1 aromatic heterocycles. The van der Waals surface area contributed by atoms with Crippen molar-refractivity contribution >= 4 is 0 Å². The van der Waals surface area contributed by atoms with Crippen LogP contribution in [0.4, 0.5) is 22.0 Å². The average molecular weight is 268 g/mol.